The van der Waals surface area contributed by atoms with Crippen molar-refractivity contribution in [2.75, 3.05) is 26.2 Å². The van der Waals surface area contributed by atoms with Crippen LogP contribution in [0.3, 0.4) is 0 Å². The van der Waals surface area contributed by atoms with Crippen LogP contribution in [0.25, 0.3) is 0 Å². The topological polar surface area (TPSA) is 15.3 Å². The second kappa shape index (κ2) is 7.64. The van der Waals surface area contributed by atoms with Gasteiger partial charge in [-0.2, -0.15) is 0 Å². The smallest absolute Gasteiger partial charge is 0.0195 e. The summed E-state index contributed by atoms with van der Waals surface area (Å²) in [6, 6.07) is 0.765. The fraction of sp³-hybridized carbons (Fsp3) is 1.00. The van der Waals surface area contributed by atoms with Gasteiger partial charge in [-0.25, -0.2) is 0 Å². The quantitative estimate of drug-likeness (QED) is 0.791. The highest BCUT2D eigenvalue weighted by Gasteiger charge is 2.23. The highest BCUT2D eigenvalue weighted by atomic mass is 15.2. The van der Waals surface area contributed by atoms with Gasteiger partial charge in [0.25, 0.3) is 0 Å². The first-order chi connectivity index (χ1) is 9.13. The third-order valence-corrected chi connectivity index (χ3v) is 4.92. The van der Waals surface area contributed by atoms with Crippen LogP contribution in [0.15, 0.2) is 0 Å². The van der Waals surface area contributed by atoms with Crippen molar-refractivity contribution >= 4 is 0 Å². The van der Waals surface area contributed by atoms with Crippen LogP contribution in [-0.4, -0.2) is 37.1 Å². The van der Waals surface area contributed by atoms with E-state index in [-0.39, 0.29) is 0 Å². The molecule has 19 heavy (non-hydrogen) atoms. The van der Waals surface area contributed by atoms with Gasteiger partial charge in [-0.15, -0.1) is 0 Å². The third-order valence-electron chi connectivity index (χ3n) is 4.92. The first-order valence-electron chi connectivity index (χ1n) is 8.59. The summed E-state index contributed by atoms with van der Waals surface area (Å²) in [5, 5.41) is 3.66. The van der Waals surface area contributed by atoms with Crippen molar-refractivity contribution in [3.63, 3.8) is 0 Å². The molecule has 0 aromatic heterocycles. The van der Waals surface area contributed by atoms with Gasteiger partial charge in [-0.3, -0.25) is 0 Å². The zero-order chi connectivity index (χ0) is 13.7. The summed E-state index contributed by atoms with van der Waals surface area (Å²) >= 11 is 0. The molecule has 0 spiro atoms. The van der Waals surface area contributed by atoms with Crippen LogP contribution in [0.4, 0.5) is 0 Å². The molecular formula is C17H34N2. The summed E-state index contributed by atoms with van der Waals surface area (Å²) in [5.41, 5.74) is 0. The number of hydrogen-bond donors (Lipinski definition) is 1. The molecule has 1 heterocycles. The Morgan fingerprint density at radius 3 is 2.37 bits per heavy atom. The first kappa shape index (κ1) is 15.3. The maximum atomic E-state index is 3.66. The van der Waals surface area contributed by atoms with Crippen molar-refractivity contribution in [1.82, 2.24) is 10.2 Å². The molecule has 0 bridgehead atoms. The van der Waals surface area contributed by atoms with E-state index in [1.807, 2.05) is 0 Å². The van der Waals surface area contributed by atoms with Crippen molar-refractivity contribution in [2.45, 2.75) is 65.3 Å². The zero-order valence-electron chi connectivity index (χ0n) is 13.3. The van der Waals surface area contributed by atoms with Gasteiger partial charge in [0.15, 0.2) is 0 Å². The summed E-state index contributed by atoms with van der Waals surface area (Å²) in [6.45, 7) is 12.3. The minimum Gasteiger partial charge on any atom is -0.313 e. The van der Waals surface area contributed by atoms with Gasteiger partial charge in [0.05, 0.1) is 0 Å². The molecule has 1 aliphatic carbocycles. The van der Waals surface area contributed by atoms with Gasteiger partial charge in [-0.05, 0) is 50.0 Å². The Morgan fingerprint density at radius 2 is 1.79 bits per heavy atom. The molecule has 1 aliphatic heterocycles. The molecule has 0 amide bonds. The van der Waals surface area contributed by atoms with Gasteiger partial charge < -0.3 is 10.2 Å². The normalized spacial score (nSPS) is 32.4. The molecule has 0 radical (unpaired) electrons. The van der Waals surface area contributed by atoms with Crippen molar-refractivity contribution in [3.8, 4) is 0 Å². The summed E-state index contributed by atoms with van der Waals surface area (Å²) in [6.07, 6.45) is 8.61. The van der Waals surface area contributed by atoms with Crippen molar-refractivity contribution in [1.29, 1.82) is 0 Å². The molecule has 2 nitrogen and oxygen atoms in total. The number of rotatable bonds is 6. The van der Waals surface area contributed by atoms with Crippen LogP contribution in [-0.2, 0) is 0 Å². The minimum atomic E-state index is 0.765. The van der Waals surface area contributed by atoms with Gasteiger partial charge in [0, 0.05) is 25.7 Å². The molecule has 2 rings (SSSR count). The number of nitrogens with one attached hydrogen (secondary N) is 1. The van der Waals surface area contributed by atoms with Crippen LogP contribution in [0.2, 0.25) is 0 Å². The van der Waals surface area contributed by atoms with Gasteiger partial charge >= 0.3 is 0 Å². The zero-order valence-corrected chi connectivity index (χ0v) is 13.3. The molecule has 2 aliphatic rings. The lowest BCUT2D eigenvalue weighted by Crippen LogP contribution is -2.42. The van der Waals surface area contributed by atoms with E-state index in [1.54, 1.807) is 0 Å². The molecule has 0 aromatic rings. The van der Waals surface area contributed by atoms with E-state index in [1.165, 1.54) is 64.7 Å². The fourth-order valence-corrected chi connectivity index (χ4v) is 3.84. The summed E-state index contributed by atoms with van der Waals surface area (Å²) in [5.74, 6) is 2.74. The predicted octanol–water partition coefficient (Wildman–Crippen LogP) is 3.52. The maximum Gasteiger partial charge on any atom is 0.0195 e. The van der Waals surface area contributed by atoms with Crippen molar-refractivity contribution in [2.24, 2.45) is 17.8 Å². The van der Waals surface area contributed by atoms with Crippen LogP contribution in [0.5, 0.6) is 0 Å². The molecular weight excluding hydrogens is 232 g/mol. The predicted molar refractivity (Wildman–Crippen MR) is 83.4 cm³/mol. The highest BCUT2D eigenvalue weighted by molar-refractivity contribution is 4.80. The lowest BCUT2D eigenvalue weighted by atomic mass is 9.82. The van der Waals surface area contributed by atoms with Crippen LogP contribution in [0, 0.1) is 17.8 Å². The van der Waals surface area contributed by atoms with E-state index in [0.717, 1.165) is 23.8 Å². The van der Waals surface area contributed by atoms with Crippen molar-refractivity contribution in [3.05, 3.63) is 0 Å². The summed E-state index contributed by atoms with van der Waals surface area (Å²) in [7, 11) is 0. The molecule has 1 unspecified atom stereocenters. The SMILES string of the molecule is CC(C)CN(CC1CCC(C)CC1)CC1CCCN1. The molecule has 2 fully saturated rings. The monoisotopic (exact) mass is 266 g/mol. The Labute approximate surface area is 120 Å². The van der Waals surface area contributed by atoms with E-state index in [4.69, 9.17) is 0 Å². The van der Waals surface area contributed by atoms with E-state index in [2.05, 4.69) is 31.0 Å². The maximum absolute atomic E-state index is 3.66. The largest absolute Gasteiger partial charge is 0.313 e. The van der Waals surface area contributed by atoms with Gasteiger partial charge in [0.1, 0.15) is 0 Å². The molecule has 2 heteroatoms. The van der Waals surface area contributed by atoms with Crippen LogP contribution >= 0.6 is 0 Å². The second-order valence-corrected chi connectivity index (χ2v) is 7.53. The lowest BCUT2D eigenvalue weighted by Gasteiger charge is -2.34. The standard InChI is InChI=1S/C17H34N2/c1-14(2)11-19(13-17-5-4-10-18-17)12-16-8-6-15(3)7-9-16/h14-18H,4-13H2,1-3H3. The molecule has 0 aromatic carbocycles. The Bertz CT molecular complexity index is 238. The Balaban J connectivity index is 1.78. The average molecular weight is 266 g/mol. The molecule has 1 saturated heterocycles. The van der Waals surface area contributed by atoms with Crippen LogP contribution < -0.4 is 5.32 Å². The highest BCUT2D eigenvalue weighted by Crippen LogP contribution is 2.29. The lowest BCUT2D eigenvalue weighted by molar-refractivity contribution is 0.160. The molecule has 112 valence electrons. The number of nitrogens with zero attached hydrogens (tertiary/aromatic N) is 1. The molecule has 1 atom stereocenters. The van der Waals surface area contributed by atoms with E-state index in [9.17, 15) is 0 Å². The summed E-state index contributed by atoms with van der Waals surface area (Å²) < 4.78 is 0. The van der Waals surface area contributed by atoms with E-state index < -0.39 is 0 Å². The number of hydrogen-bond acceptors (Lipinski definition) is 2. The Hall–Kier alpha value is -0.0800. The second-order valence-electron chi connectivity index (χ2n) is 7.53. The first-order valence-corrected chi connectivity index (χ1v) is 8.59. The molecule has 1 saturated carbocycles. The van der Waals surface area contributed by atoms with E-state index in [0.29, 0.717) is 0 Å². The average Bonchev–Trinajstić information content (AvgIpc) is 2.84. The van der Waals surface area contributed by atoms with Crippen molar-refractivity contribution < 1.29 is 0 Å². The Kier molecular flexibility index (Phi) is 6.15. The van der Waals surface area contributed by atoms with Gasteiger partial charge in [-0.1, -0.05) is 33.6 Å². The van der Waals surface area contributed by atoms with Crippen LogP contribution in [0.1, 0.15) is 59.3 Å². The summed E-state index contributed by atoms with van der Waals surface area (Å²) in [4.78, 5) is 2.76. The molecule has 1 N–H and O–H groups in total. The fourth-order valence-electron chi connectivity index (χ4n) is 3.84. The Morgan fingerprint density at radius 1 is 1.05 bits per heavy atom. The van der Waals surface area contributed by atoms with Gasteiger partial charge in [0.2, 0.25) is 0 Å². The third kappa shape index (κ3) is 5.43. The van der Waals surface area contributed by atoms with E-state index >= 15 is 0 Å². The minimum absolute atomic E-state index is 0.765.